The second kappa shape index (κ2) is 8.43. The fraction of sp³-hybridized carbons (Fsp3) is 0.476. The molecule has 0 N–H and O–H groups in total. The van der Waals surface area contributed by atoms with Gasteiger partial charge in [0.15, 0.2) is 18.2 Å². The highest BCUT2D eigenvalue weighted by Crippen LogP contribution is 2.29. The van der Waals surface area contributed by atoms with Gasteiger partial charge < -0.3 is 14.0 Å². The third-order valence-electron chi connectivity index (χ3n) is 5.64. The van der Waals surface area contributed by atoms with E-state index in [-0.39, 0.29) is 35.3 Å². The van der Waals surface area contributed by atoms with Gasteiger partial charge in [-0.05, 0) is 50.5 Å². The number of carbonyl (C=O) groups excluding carboxylic acids is 2. The number of rotatable bonds is 6. The van der Waals surface area contributed by atoms with E-state index in [0.29, 0.717) is 31.6 Å². The van der Waals surface area contributed by atoms with Crippen LogP contribution in [-0.4, -0.2) is 55.9 Å². The van der Waals surface area contributed by atoms with Crippen LogP contribution in [0.15, 0.2) is 27.6 Å². The zero-order valence-electron chi connectivity index (χ0n) is 17.4. The summed E-state index contributed by atoms with van der Waals surface area (Å²) in [6, 6.07) is 5.16. The maximum absolute atomic E-state index is 13.0. The molecule has 3 heterocycles. The first-order chi connectivity index (χ1) is 14.8. The van der Waals surface area contributed by atoms with Crippen LogP contribution in [0.3, 0.4) is 0 Å². The molecule has 0 radical (unpaired) electrons. The quantitative estimate of drug-likeness (QED) is 0.487. The van der Waals surface area contributed by atoms with Crippen LogP contribution in [0.2, 0.25) is 0 Å². The Labute approximate surface area is 180 Å². The number of Topliss-reactive ketones (excluding diaryl/α,β-unsaturated/α-hetero) is 1. The number of aryl methyl sites for hydroxylation is 2. The standard InChI is InChI=1S/C21H24N2O7S/c1-13-20(14(2)30-22-13)31(26,27)23-8-3-4-17(11-23)21(25)29-12-18(24)15-5-6-19-16(10-15)7-9-28-19/h5-6,10,17H,3-4,7-9,11-12H2,1-2H3. The molecule has 31 heavy (non-hydrogen) atoms. The van der Waals surface area contributed by atoms with Crippen molar-refractivity contribution in [3.05, 3.63) is 40.8 Å². The van der Waals surface area contributed by atoms with E-state index < -0.39 is 21.9 Å². The molecule has 0 saturated carbocycles. The molecule has 1 fully saturated rings. The number of hydrogen-bond acceptors (Lipinski definition) is 8. The summed E-state index contributed by atoms with van der Waals surface area (Å²) in [5.74, 6) is -0.524. The molecule has 0 spiro atoms. The van der Waals surface area contributed by atoms with E-state index in [4.69, 9.17) is 14.0 Å². The molecule has 1 unspecified atom stereocenters. The Kier molecular flexibility index (Phi) is 5.85. The maximum atomic E-state index is 13.0. The minimum Gasteiger partial charge on any atom is -0.493 e. The third kappa shape index (κ3) is 4.22. The van der Waals surface area contributed by atoms with Crippen molar-refractivity contribution in [3.63, 3.8) is 0 Å². The van der Waals surface area contributed by atoms with Gasteiger partial charge in [-0.3, -0.25) is 9.59 Å². The normalized spacial score (nSPS) is 19.0. The number of esters is 1. The van der Waals surface area contributed by atoms with Crippen LogP contribution in [0, 0.1) is 19.8 Å². The Morgan fingerprint density at radius 3 is 2.84 bits per heavy atom. The predicted molar refractivity (Wildman–Crippen MR) is 108 cm³/mol. The molecule has 9 nitrogen and oxygen atoms in total. The molecule has 1 aromatic heterocycles. The minimum absolute atomic E-state index is 0.00436. The Hall–Kier alpha value is -2.72. The van der Waals surface area contributed by atoms with Gasteiger partial charge in [0.2, 0.25) is 10.0 Å². The Balaban J connectivity index is 1.38. The van der Waals surface area contributed by atoms with E-state index in [1.54, 1.807) is 32.0 Å². The van der Waals surface area contributed by atoms with Crippen molar-refractivity contribution in [2.24, 2.45) is 5.92 Å². The zero-order chi connectivity index (χ0) is 22.2. The van der Waals surface area contributed by atoms with Crippen LogP contribution in [0.4, 0.5) is 0 Å². The first-order valence-corrected chi connectivity index (χ1v) is 11.6. The average Bonchev–Trinajstić information content (AvgIpc) is 3.37. The summed E-state index contributed by atoms with van der Waals surface area (Å²) < 4.78 is 42.9. The minimum atomic E-state index is -3.84. The molecule has 0 aliphatic carbocycles. The third-order valence-corrected chi connectivity index (χ3v) is 7.75. The summed E-state index contributed by atoms with van der Waals surface area (Å²) in [7, 11) is -3.84. The van der Waals surface area contributed by atoms with Gasteiger partial charge in [-0.15, -0.1) is 0 Å². The Morgan fingerprint density at radius 1 is 1.29 bits per heavy atom. The lowest BCUT2D eigenvalue weighted by Crippen LogP contribution is -2.43. The molecule has 2 aliphatic rings. The molecule has 1 aromatic carbocycles. The van der Waals surface area contributed by atoms with Gasteiger partial charge in [0.1, 0.15) is 16.3 Å². The van der Waals surface area contributed by atoms with Crippen molar-refractivity contribution in [3.8, 4) is 5.75 Å². The summed E-state index contributed by atoms with van der Waals surface area (Å²) in [5, 5.41) is 3.71. The number of piperidine rings is 1. The number of fused-ring (bicyclic) bond motifs is 1. The number of aromatic nitrogens is 1. The highest BCUT2D eigenvalue weighted by molar-refractivity contribution is 7.89. The summed E-state index contributed by atoms with van der Waals surface area (Å²) >= 11 is 0. The van der Waals surface area contributed by atoms with Crippen LogP contribution < -0.4 is 4.74 Å². The summed E-state index contributed by atoms with van der Waals surface area (Å²) in [5.41, 5.74) is 1.71. The molecule has 4 rings (SSSR count). The molecule has 166 valence electrons. The van der Waals surface area contributed by atoms with E-state index in [2.05, 4.69) is 5.16 Å². The number of ether oxygens (including phenoxy) is 2. The van der Waals surface area contributed by atoms with E-state index in [9.17, 15) is 18.0 Å². The van der Waals surface area contributed by atoms with Gasteiger partial charge in [0.05, 0.1) is 12.5 Å². The lowest BCUT2D eigenvalue weighted by Gasteiger charge is -2.30. The van der Waals surface area contributed by atoms with Crippen LogP contribution in [0.1, 0.15) is 40.2 Å². The molecule has 10 heteroatoms. The van der Waals surface area contributed by atoms with Crippen LogP contribution in [-0.2, 0) is 26.0 Å². The molecule has 0 bridgehead atoms. The van der Waals surface area contributed by atoms with Crippen molar-refractivity contribution in [2.45, 2.75) is 38.0 Å². The molecule has 0 amide bonds. The zero-order valence-corrected chi connectivity index (χ0v) is 18.2. The molecule has 2 aromatic rings. The van der Waals surface area contributed by atoms with E-state index >= 15 is 0 Å². The molecule has 1 saturated heterocycles. The SMILES string of the molecule is Cc1noc(C)c1S(=O)(=O)N1CCCC(C(=O)OCC(=O)c2ccc3c(c2)CCO3)C1. The van der Waals surface area contributed by atoms with Gasteiger partial charge in [0, 0.05) is 25.1 Å². The lowest BCUT2D eigenvalue weighted by molar-refractivity contribution is -0.148. The van der Waals surface area contributed by atoms with Crippen LogP contribution >= 0.6 is 0 Å². The van der Waals surface area contributed by atoms with Crippen molar-refractivity contribution < 1.29 is 32.0 Å². The van der Waals surface area contributed by atoms with Crippen molar-refractivity contribution in [1.82, 2.24) is 9.46 Å². The number of nitrogens with zero attached hydrogens (tertiary/aromatic N) is 2. The molecular formula is C21H24N2O7S. The fourth-order valence-electron chi connectivity index (χ4n) is 4.02. The number of benzene rings is 1. The van der Waals surface area contributed by atoms with Crippen molar-refractivity contribution in [1.29, 1.82) is 0 Å². The Bertz CT molecular complexity index is 1100. The van der Waals surface area contributed by atoms with Crippen LogP contribution in [0.25, 0.3) is 0 Å². The highest BCUT2D eigenvalue weighted by atomic mass is 32.2. The fourth-order valence-corrected chi connectivity index (χ4v) is 5.84. The average molecular weight is 448 g/mol. The topological polar surface area (TPSA) is 116 Å². The first-order valence-electron chi connectivity index (χ1n) is 10.2. The molecule has 1 atom stereocenters. The summed E-state index contributed by atoms with van der Waals surface area (Å²) in [6.07, 6.45) is 1.76. The monoisotopic (exact) mass is 448 g/mol. The van der Waals surface area contributed by atoms with E-state index in [0.717, 1.165) is 17.7 Å². The number of ketones is 1. The Morgan fingerprint density at radius 2 is 2.10 bits per heavy atom. The second-order valence-corrected chi connectivity index (χ2v) is 9.68. The molecular weight excluding hydrogens is 424 g/mol. The maximum Gasteiger partial charge on any atom is 0.310 e. The number of carbonyl (C=O) groups is 2. The van der Waals surface area contributed by atoms with Gasteiger partial charge in [-0.1, -0.05) is 5.16 Å². The van der Waals surface area contributed by atoms with E-state index in [1.807, 2.05) is 0 Å². The van der Waals surface area contributed by atoms with Gasteiger partial charge in [-0.2, -0.15) is 4.31 Å². The smallest absolute Gasteiger partial charge is 0.310 e. The van der Waals surface area contributed by atoms with Gasteiger partial charge in [-0.25, -0.2) is 8.42 Å². The van der Waals surface area contributed by atoms with E-state index in [1.165, 1.54) is 4.31 Å². The lowest BCUT2D eigenvalue weighted by atomic mass is 10.00. The number of hydrogen-bond donors (Lipinski definition) is 0. The number of sulfonamides is 1. The molecule has 2 aliphatic heterocycles. The second-order valence-electron chi connectivity index (χ2n) is 7.81. The largest absolute Gasteiger partial charge is 0.493 e. The van der Waals surface area contributed by atoms with Gasteiger partial charge >= 0.3 is 5.97 Å². The first kappa shape index (κ1) is 21.5. The summed E-state index contributed by atoms with van der Waals surface area (Å²) in [6.45, 7) is 3.61. The highest BCUT2D eigenvalue weighted by Gasteiger charge is 2.37. The van der Waals surface area contributed by atoms with Gasteiger partial charge in [0.25, 0.3) is 0 Å². The van der Waals surface area contributed by atoms with Crippen molar-refractivity contribution in [2.75, 3.05) is 26.3 Å². The predicted octanol–water partition coefficient (Wildman–Crippen LogP) is 2.05. The summed E-state index contributed by atoms with van der Waals surface area (Å²) in [4.78, 5) is 25.1. The van der Waals surface area contributed by atoms with Crippen molar-refractivity contribution >= 4 is 21.8 Å². The van der Waals surface area contributed by atoms with Crippen LogP contribution in [0.5, 0.6) is 5.75 Å².